The normalized spacial score (nSPS) is 15.5. The Labute approximate surface area is 96.8 Å². The number of hydrogen-bond acceptors (Lipinski definition) is 2. The summed E-state index contributed by atoms with van der Waals surface area (Å²) in [6, 6.07) is 10.9. The number of rotatable bonds is 2. The number of nitrogens with one attached hydrogen (secondary N) is 1. The van der Waals surface area contributed by atoms with Crippen molar-refractivity contribution in [3.8, 4) is 0 Å². The molecule has 1 aromatic carbocycles. The van der Waals surface area contributed by atoms with Gasteiger partial charge in [0, 0.05) is 15.9 Å². The number of nitrogens with zero attached hydrogens (tertiary/aromatic N) is 1. The van der Waals surface area contributed by atoms with Gasteiger partial charge in [-0.15, -0.1) is 0 Å². The maximum atomic E-state index is 4.60. The summed E-state index contributed by atoms with van der Waals surface area (Å²) in [5.74, 6) is 0.983. The highest BCUT2D eigenvalue weighted by molar-refractivity contribution is 9.10. The van der Waals surface area contributed by atoms with Crippen LogP contribution in [-0.2, 0) is 0 Å². The second-order valence-corrected chi connectivity index (χ2v) is 4.78. The van der Waals surface area contributed by atoms with Crippen LogP contribution in [0.3, 0.4) is 0 Å². The molecule has 2 aromatic rings. The van der Waals surface area contributed by atoms with Crippen LogP contribution >= 0.6 is 15.9 Å². The first-order valence-electron chi connectivity index (χ1n) is 5.15. The fourth-order valence-corrected chi connectivity index (χ4v) is 2.10. The molecule has 1 fully saturated rings. The van der Waals surface area contributed by atoms with E-state index in [1.54, 1.807) is 0 Å². The molecule has 1 saturated carbocycles. The zero-order valence-corrected chi connectivity index (χ0v) is 9.79. The molecule has 1 N–H and O–H groups in total. The summed E-state index contributed by atoms with van der Waals surface area (Å²) in [5, 5.41) is 4.58. The second kappa shape index (κ2) is 3.49. The number of anilines is 1. The van der Waals surface area contributed by atoms with E-state index in [2.05, 4.69) is 38.4 Å². The Morgan fingerprint density at radius 2 is 2.07 bits per heavy atom. The first-order valence-corrected chi connectivity index (χ1v) is 5.94. The van der Waals surface area contributed by atoms with Crippen LogP contribution in [0.5, 0.6) is 0 Å². The molecule has 1 aliphatic rings. The highest BCUT2D eigenvalue weighted by Crippen LogP contribution is 2.27. The van der Waals surface area contributed by atoms with Crippen molar-refractivity contribution in [2.75, 3.05) is 5.32 Å². The summed E-state index contributed by atoms with van der Waals surface area (Å²) in [6.45, 7) is 0. The number of benzene rings is 1. The number of hydrogen-bond donors (Lipinski definition) is 1. The van der Waals surface area contributed by atoms with Crippen molar-refractivity contribution in [1.29, 1.82) is 0 Å². The van der Waals surface area contributed by atoms with Crippen LogP contribution in [0.15, 0.2) is 34.8 Å². The molecule has 0 atom stereocenters. The van der Waals surface area contributed by atoms with Gasteiger partial charge in [-0.3, -0.25) is 0 Å². The van der Waals surface area contributed by atoms with E-state index in [4.69, 9.17) is 0 Å². The summed E-state index contributed by atoms with van der Waals surface area (Å²) < 4.78 is 1.06. The monoisotopic (exact) mass is 262 g/mol. The van der Waals surface area contributed by atoms with Gasteiger partial charge < -0.3 is 5.32 Å². The summed E-state index contributed by atoms with van der Waals surface area (Å²) in [5.41, 5.74) is 1.03. The number of para-hydroxylation sites is 1. The van der Waals surface area contributed by atoms with Gasteiger partial charge in [0.2, 0.25) is 0 Å². The molecule has 1 heterocycles. The van der Waals surface area contributed by atoms with Crippen LogP contribution < -0.4 is 5.32 Å². The van der Waals surface area contributed by atoms with Gasteiger partial charge in [0.15, 0.2) is 0 Å². The lowest BCUT2D eigenvalue weighted by molar-refractivity contribution is 1.12. The topological polar surface area (TPSA) is 24.9 Å². The number of aromatic nitrogens is 1. The van der Waals surface area contributed by atoms with E-state index in [0.717, 1.165) is 15.8 Å². The number of pyridine rings is 1. The molecule has 76 valence electrons. The van der Waals surface area contributed by atoms with E-state index >= 15 is 0 Å². The van der Waals surface area contributed by atoms with Crippen molar-refractivity contribution in [2.24, 2.45) is 0 Å². The van der Waals surface area contributed by atoms with Crippen molar-refractivity contribution >= 4 is 32.7 Å². The van der Waals surface area contributed by atoms with Gasteiger partial charge in [-0.25, -0.2) is 4.98 Å². The van der Waals surface area contributed by atoms with E-state index in [-0.39, 0.29) is 0 Å². The van der Waals surface area contributed by atoms with Crippen LogP contribution in [0.4, 0.5) is 5.82 Å². The van der Waals surface area contributed by atoms with Gasteiger partial charge in [0.05, 0.1) is 5.52 Å². The minimum absolute atomic E-state index is 0.650. The lowest BCUT2D eigenvalue weighted by Gasteiger charge is -2.05. The van der Waals surface area contributed by atoms with E-state index in [1.807, 2.05) is 18.2 Å². The first kappa shape index (κ1) is 9.16. The van der Waals surface area contributed by atoms with Crippen LogP contribution in [0.2, 0.25) is 0 Å². The number of fused-ring (bicyclic) bond motifs is 1. The quantitative estimate of drug-likeness (QED) is 0.895. The molecule has 0 saturated heterocycles. The van der Waals surface area contributed by atoms with Crippen molar-refractivity contribution < 1.29 is 0 Å². The second-order valence-electron chi connectivity index (χ2n) is 3.93. The Hall–Kier alpha value is -1.09. The summed E-state index contributed by atoms with van der Waals surface area (Å²) >= 11 is 3.52. The van der Waals surface area contributed by atoms with Crippen LogP contribution in [-0.4, -0.2) is 11.0 Å². The molecule has 0 bridgehead atoms. The standard InChI is InChI=1S/C12H11BrN2/c13-10-3-1-2-8-4-7-11(15-12(8)10)14-9-5-6-9/h1-4,7,9H,5-6H2,(H,14,15). The molecule has 3 heteroatoms. The van der Waals surface area contributed by atoms with E-state index in [1.165, 1.54) is 18.2 Å². The van der Waals surface area contributed by atoms with Gasteiger partial charge in [-0.05, 0) is 47.0 Å². The lowest BCUT2D eigenvalue weighted by atomic mass is 10.2. The molecule has 0 unspecified atom stereocenters. The maximum Gasteiger partial charge on any atom is 0.126 e. The molecule has 1 aromatic heterocycles. The minimum atomic E-state index is 0.650. The average Bonchev–Trinajstić information content (AvgIpc) is 3.03. The van der Waals surface area contributed by atoms with Crippen molar-refractivity contribution in [1.82, 2.24) is 4.98 Å². The highest BCUT2D eigenvalue weighted by atomic mass is 79.9. The summed E-state index contributed by atoms with van der Waals surface area (Å²) in [4.78, 5) is 4.60. The van der Waals surface area contributed by atoms with Gasteiger partial charge in [-0.1, -0.05) is 12.1 Å². The molecular weight excluding hydrogens is 252 g/mol. The van der Waals surface area contributed by atoms with E-state index in [0.29, 0.717) is 6.04 Å². The Morgan fingerprint density at radius 1 is 1.20 bits per heavy atom. The maximum absolute atomic E-state index is 4.60. The van der Waals surface area contributed by atoms with Gasteiger partial charge in [0.1, 0.15) is 5.82 Å². The van der Waals surface area contributed by atoms with Crippen molar-refractivity contribution in [2.45, 2.75) is 18.9 Å². The van der Waals surface area contributed by atoms with E-state index < -0.39 is 0 Å². The fraction of sp³-hybridized carbons (Fsp3) is 0.250. The van der Waals surface area contributed by atoms with Gasteiger partial charge in [-0.2, -0.15) is 0 Å². The fourth-order valence-electron chi connectivity index (χ4n) is 1.63. The lowest BCUT2D eigenvalue weighted by Crippen LogP contribution is -2.02. The molecular formula is C12H11BrN2. The predicted molar refractivity (Wildman–Crippen MR) is 66.1 cm³/mol. The average molecular weight is 263 g/mol. The molecule has 3 rings (SSSR count). The van der Waals surface area contributed by atoms with Crippen LogP contribution in [0.25, 0.3) is 10.9 Å². The molecule has 2 nitrogen and oxygen atoms in total. The first-order chi connectivity index (χ1) is 7.33. The number of halogens is 1. The molecule has 0 amide bonds. The zero-order valence-electron chi connectivity index (χ0n) is 8.20. The Balaban J connectivity index is 2.07. The van der Waals surface area contributed by atoms with Gasteiger partial charge >= 0.3 is 0 Å². The van der Waals surface area contributed by atoms with Crippen molar-refractivity contribution in [3.63, 3.8) is 0 Å². The molecule has 0 radical (unpaired) electrons. The van der Waals surface area contributed by atoms with Gasteiger partial charge in [0.25, 0.3) is 0 Å². The third-order valence-corrected chi connectivity index (χ3v) is 3.24. The van der Waals surface area contributed by atoms with Crippen molar-refractivity contribution in [3.05, 3.63) is 34.8 Å². The largest absolute Gasteiger partial charge is 0.367 e. The Morgan fingerprint density at radius 3 is 2.87 bits per heavy atom. The third kappa shape index (κ3) is 1.84. The third-order valence-electron chi connectivity index (χ3n) is 2.60. The highest BCUT2D eigenvalue weighted by Gasteiger charge is 2.21. The summed E-state index contributed by atoms with van der Waals surface area (Å²) in [6.07, 6.45) is 2.55. The molecule has 0 spiro atoms. The predicted octanol–water partition coefficient (Wildman–Crippen LogP) is 3.57. The van der Waals surface area contributed by atoms with E-state index in [9.17, 15) is 0 Å². The minimum Gasteiger partial charge on any atom is -0.367 e. The Kier molecular flexibility index (Phi) is 2.13. The SMILES string of the molecule is Brc1cccc2ccc(NC3CC3)nc12. The van der Waals surface area contributed by atoms with Crippen LogP contribution in [0.1, 0.15) is 12.8 Å². The molecule has 1 aliphatic carbocycles. The molecule has 15 heavy (non-hydrogen) atoms. The Bertz CT molecular complexity index is 506. The van der Waals surface area contributed by atoms with Crippen LogP contribution in [0, 0.1) is 0 Å². The zero-order chi connectivity index (χ0) is 10.3. The molecule has 0 aliphatic heterocycles. The summed E-state index contributed by atoms with van der Waals surface area (Å²) in [7, 11) is 0. The smallest absolute Gasteiger partial charge is 0.126 e.